The van der Waals surface area contributed by atoms with Crippen molar-refractivity contribution in [3.63, 3.8) is 0 Å². The Kier molecular flexibility index (Phi) is 4.85. The Morgan fingerprint density at radius 3 is 2.84 bits per heavy atom. The summed E-state index contributed by atoms with van der Waals surface area (Å²) in [6, 6.07) is -0.0589. The lowest BCUT2D eigenvalue weighted by Crippen LogP contribution is -2.51. The Morgan fingerprint density at radius 2 is 2.26 bits per heavy atom. The van der Waals surface area contributed by atoms with Crippen molar-refractivity contribution in [3.05, 3.63) is 24.3 Å². The summed E-state index contributed by atoms with van der Waals surface area (Å²) in [4.78, 5) is 8.19. The molecule has 0 amide bonds. The van der Waals surface area contributed by atoms with E-state index < -0.39 is 0 Å². The van der Waals surface area contributed by atoms with Crippen molar-refractivity contribution >= 4 is 0 Å². The van der Waals surface area contributed by atoms with Gasteiger partial charge in [-0.25, -0.2) is 15.4 Å². The number of nitrogens with zero attached hydrogens (tertiary/aromatic N) is 2. The maximum atomic E-state index is 6.15. The van der Waals surface area contributed by atoms with Crippen molar-refractivity contribution in [2.75, 3.05) is 6.61 Å². The van der Waals surface area contributed by atoms with Gasteiger partial charge >= 0.3 is 0 Å². The highest BCUT2D eigenvalue weighted by molar-refractivity contribution is 5.16. The van der Waals surface area contributed by atoms with Crippen molar-refractivity contribution < 1.29 is 4.74 Å². The molecule has 1 aromatic heterocycles. The van der Waals surface area contributed by atoms with Gasteiger partial charge in [0.1, 0.15) is 6.33 Å². The molecule has 1 aliphatic carbocycles. The molecule has 1 heterocycles. The highest BCUT2D eigenvalue weighted by Crippen LogP contribution is 2.43. The second-order valence-electron chi connectivity index (χ2n) is 5.47. The van der Waals surface area contributed by atoms with E-state index in [1.807, 2.05) is 19.3 Å². The van der Waals surface area contributed by atoms with E-state index in [1.54, 1.807) is 0 Å². The summed E-state index contributed by atoms with van der Waals surface area (Å²) in [6.45, 7) is 5.01. The minimum Gasteiger partial charge on any atom is -0.373 e. The van der Waals surface area contributed by atoms with Crippen LogP contribution in [0.3, 0.4) is 0 Å². The number of aromatic nitrogens is 2. The molecule has 1 fully saturated rings. The minimum atomic E-state index is -0.244. The molecule has 3 unspecified atom stereocenters. The monoisotopic (exact) mass is 264 g/mol. The molecule has 0 aromatic carbocycles. The summed E-state index contributed by atoms with van der Waals surface area (Å²) in [5, 5.41) is 0. The van der Waals surface area contributed by atoms with E-state index in [2.05, 4.69) is 22.3 Å². The standard InChI is InChI=1S/C14H24N4O/c1-3-19-14(6-4-5-11(2)7-14)13(18-15)12-8-16-10-17-9-12/h8-11,13,18H,3-7,15H2,1-2H3. The number of nitrogens with one attached hydrogen (secondary N) is 1. The highest BCUT2D eigenvalue weighted by atomic mass is 16.5. The number of hydrazine groups is 1. The summed E-state index contributed by atoms with van der Waals surface area (Å²) in [7, 11) is 0. The van der Waals surface area contributed by atoms with E-state index in [9.17, 15) is 0 Å². The van der Waals surface area contributed by atoms with Gasteiger partial charge in [-0.3, -0.25) is 5.84 Å². The number of rotatable bonds is 5. The number of hydrogen-bond donors (Lipinski definition) is 2. The van der Waals surface area contributed by atoms with Gasteiger partial charge in [0.05, 0.1) is 11.6 Å². The fourth-order valence-corrected chi connectivity index (χ4v) is 3.32. The van der Waals surface area contributed by atoms with Crippen LogP contribution in [0.15, 0.2) is 18.7 Å². The molecular weight excluding hydrogens is 240 g/mol. The lowest BCUT2D eigenvalue weighted by molar-refractivity contribution is -0.102. The van der Waals surface area contributed by atoms with E-state index in [0.717, 1.165) is 18.4 Å². The molecule has 0 radical (unpaired) electrons. The van der Waals surface area contributed by atoms with E-state index in [-0.39, 0.29) is 11.6 Å². The summed E-state index contributed by atoms with van der Waals surface area (Å²) < 4.78 is 6.15. The molecule has 0 saturated heterocycles. The van der Waals surface area contributed by atoms with Crippen molar-refractivity contribution in [3.8, 4) is 0 Å². The Labute approximate surface area is 114 Å². The topological polar surface area (TPSA) is 73.1 Å². The Bertz CT molecular complexity index is 382. The first-order chi connectivity index (χ1) is 9.22. The van der Waals surface area contributed by atoms with E-state index in [1.165, 1.54) is 19.2 Å². The lowest BCUT2D eigenvalue weighted by Gasteiger charge is -2.45. The average molecular weight is 264 g/mol. The van der Waals surface area contributed by atoms with Gasteiger partial charge in [-0.15, -0.1) is 0 Å². The predicted octanol–water partition coefficient (Wildman–Crippen LogP) is 1.97. The zero-order chi connectivity index (χ0) is 13.7. The molecule has 1 aromatic rings. The highest BCUT2D eigenvalue weighted by Gasteiger charge is 2.43. The lowest BCUT2D eigenvalue weighted by atomic mass is 9.73. The van der Waals surface area contributed by atoms with Gasteiger partial charge in [-0.2, -0.15) is 0 Å². The van der Waals surface area contributed by atoms with Crippen LogP contribution in [-0.4, -0.2) is 22.2 Å². The average Bonchev–Trinajstić information content (AvgIpc) is 2.41. The van der Waals surface area contributed by atoms with Crippen LogP contribution in [0.2, 0.25) is 0 Å². The third-order valence-electron chi connectivity index (χ3n) is 4.03. The molecule has 1 aliphatic rings. The summed E-state index contributed by atoms with van der Waals surface area (Å²) >= 11 is 0. The summed E-state index contributed by atoms with van der Waals surface area (Å²) in [5.41, 5.74) is 3.68. The van der Waals surface area contributed by atoms with E-state index >= 15 is 0 Å². The third-order valence-corrected chi connectivity index (χ3v) is 4.03. The first-order valence-electron chi connectivity index (χ1n) is 7.07. The van der Waals surface area contributed by atoms with Crippen molar-refractivity contribution in [2.45, 2.75) is 51.2 Å². The molecule has 106 valence electrons. The minimum absolute atomic E-state index is 0.0589. The van der Waals surface area contributed by atoms with Gasteiger partial charge in [0, 0.05) is 24.6 Å². The van der Waals surface area contributed by atoms with Crippen LogP contribution >= 0.6 is 0 Å². The fraction of sp³-hybridized carbons (Fsp3) is 0.714. The first kappa shape index (κ1) is 14.4. The Hall–Kier alpha value is -1.04. The quantitative estimate of drug-likeness (QED) is 0.628. The van der Waals surface area contributed by atoms with Gasteiger partial charge in [0.25, 0.3) is 0 Å². The van der Waals surface area contributed by atoms with Crippen LogP contribution in [0.25, 0.3) is 0 Å². The SMILES string of the molecule is CCOC1(C(NN)c2cncnc2)CCCC(C)C1. The molecule has 3 atom stereocenters. The van der Waals surface area contributed by atoms with Crippen LogP contribution in [0.4, 0.5) is 0 Å². The van der Waals surface area contributed by atoms with Gasteiger partial charge < -0.3 is 4.74 Å². The fourth-order valence-electron chi connectivity index (χ4n) is 3.32. The van der Waals surface area contributed by atoms with Crippen LogP contribution in [0.5, 0.6) is 0 Å². The van der Waals surface area contributed by atoms with Crippen molar-refractivity contribution in [2.24, 2.45) is 11.8 Å². The number of nitrogens with two attached hydrogens (primary N) is 1. The molecular formula is C14H24N4O. The van der Waals surface area contributed by atoms with Crippen molar-refractivity contribution in [1.82, 2.24) is 15.4 Å². The molecule has 1 saturated carbocycles. The maximum absolute atomic E-state index is 6.15. The first-order valence-corrected chi connectivity index (χ1v) is 7.07. The van der Waals surface area contributed by atoms with Gasteiger partial charge in [0.15, 0.2) is 0 Å². The van der Waals surface area contributed by atoms with Gasteiger partial charge in [0.2, 0.25) is 0 Å². The molecule has 0 aliphatic heterocycles. The largest absolute Gasteiger partial charge is 0.373 e. The molecule has 0 bridgehead atoms. The number of hydrogen-bond acceptors (Lipinski definition) is 5. The zero-order valence-electron chi connectivity index (χ0n) is 11.8. The maximum Gasteiger partial charge on any atom is 0.115 e. The summed E-state index contributed by atoms with van der Waals surface area (Å²) in [6.07, 6.45) is 9.65. The molecule has 0 spiro atoms. The van der Waals surface area contributed by atoms with E-state index in [0.29, 0.717) is 12.5 Å². The molecule has 5 nitrogen and oxygen atoms in total. The third kappa shape index (κ3) is 3.11. The van der Waals surface area contributed by atoms with Crippen LogP contribution in [0, 0.1) is 5.92 Å². The van der Waals surface area contributed by atoms with Gasteiger partial charge in [-0.1, -0.05) is 19.8 Å². The zero-order valence-corrected chi connectivity index (χ0v) is 11.8. The van der Waals surface area contributed by atoms with Crippen LogP contribution < -0.4 is 11.3 Å². The van der Waals surface area contributed by atoms with Crippen molar-refractivity contribution in [1.29, 1.82) is 0 Å². The van der Waals surface area contributed by atoms with Gasteiger partial charge in [-0.05, 0) is 25.7 Å². The smallest absolute Gasteiger partial charge is 0.115 e. The molecule has 3 N–H and O–H groups in total. The molecule has 2 rings (SSSR count). The number of ether oxygens (including phenoxy) is 1. The van der Waals surface area contributed by atoms with Crippen LogP contribution in [0.1, 0.15) is 51.1 Å². The van der Waals surface area contributed by atoms with E-state index in [4.69, 9.17) is 10.6 Å². The second-order valence-corrected chi connectivity index (χ2v) is 5.47. The second kappa shape index (κ2) is 6.41. The normalized spacial score (nSPS) is 29.1. The predicted molar refractivity (Wildman–Crippen MR) is 74.1 cm³/mol. The summed E-state index contributed by atoms with van der Waals surface area (Å²) in [5.74, 6) is 6.46. The Balaban J connectivity index is 2.30. The molecule has 19 heavy (non-hydrogen) atoms. The molecule has 5 heteroatoms. The Morgan fingerprint density at radius 1 is 1.53 bits per heavy atom. The van der Waals surface area contributed by atoms with Crippen LogP contribution in [-0.2, 0) is 4.74 Å².